The van der Waals surface area contributed by atoms with Gasteiger partial charge in [-0.1, -0.05) is 18.2 Å². The standard InChI is InChI=1S/C22H27N3O4/c1-3-29-22(27)17-9-10-20(23-15-17)24-11-6-12-25(14-13-24)21(26)19-8-5-4-7-18(19)16-28-2/h4-5,7-10,15H,3,6,11-14,16H2,1-2H3. The Labute approximate surface area is 171 Å². The fourth-order valence-electron chi connectivity index (χ4n) is 3.44. The zero-order valence-corrected chi connectivity index (χ0v) is 17.0. The molecular formula is C22H27N3O4. The molecule has 0 atom stereocenters. The number of benzene rings is 1. The number of carbonyl (C=O) groups excluding carboxylic acids is 2. The van der Waals surface area contributed by atoms with Gasteiger partial charge in [-0.2, -0.15) is 0 Å². The van der Waals surface area contributed by atoms with E-state index in [1.807, 2.05) is 35.2 Å². The van der Waals surface area contributed by atoms with E-state index in [4.69, 9.17) is 9.47 Å². The molecule has 29 heavy (non-hydrogen) atoms. The van der Waals surface area contributed by atoms with Gasteiger partial charge in [0.1, 0.15) is 5.82 Å². The van der Waals surface area contributed by atoms with Crippen molar-refractivity contribution >= 4 is 17.7 Å². The first-order valence-corrected chi connectivity index (χ1v) is 9.88. The zero-order valence-electron chi connectivity index (χ0n) is 17.0. The van der Waals surface area contributed by atoms with Crippen molar-refractivity contribution in [2.75, 3.05) is 44.8 Å². The van der Waals surface area contributed by atoms with E-state index in [-0.39, 0.29) is 11.9 Å². The lowest BCUT2D eigenvalue weighted by molar-refractivity contribution is 0.0525. The third-order valence-corrected chi connectivity index (χ3v) is 4.91. The largest absolute Gasteiger partial charge is 0.462 e. The summed E-state index contributed by atoms with van der Waals surface area (Å²) in [6.07, 6.45) is 2.39. The molecule has 2 aromatic rings. The van der Waals surface area contributed by atoms with Gasteiger partial charge in [0.05, 0.1) is 18.8 Å². The van der Waals surface area contributed by atoms with Crippen LogP contribution in [0.15, 0.2) is 42.6 Å². The zero-order chi connectivity index (χ0) is 20.6. The van der Waals surface area contributed by atoms with Crippen molar-refractivity contribution in [1.29, 1.82) is 0 Å². The molecule has 0 N–H and O–H groups in total. The molecule has 0 unspecified atom stereocenters. The molecule has 1 saturated heterocycles. The average molecular weight is 397 g/mol. The van der Waals surface area contributed by atoms with Gasteiger partial charge >= 0.3 is 5.97 Å². The van der Waals surface area contributed by atoms with Crippen molar-refractivity contribution in [1.82, 2.24) is 9.88 Å². The smallest absolute Gasteiger partial charge is 0.339 e. The van der Waals surface area contributed by atoms with Gasteiger partial charge in [0.25, 0.3) is 5.91 Å². The van der Waals surface area contributed by atoms with Crippen molar-refractivity contribution in [3.05, 3.63) is 59.3 Å². The lowest BCUT2D eigenvalue weighted by Crippen LogP contribution is -2.35. The molecule has 1 aliphatic heterocycles. The monoisotopic (exact) mass is 397 g/mol. The second kappa shape index (κ2) is 10.0. The van der Waals surface area contributed by atoms with Crippen LogP contribution < -0.4 is 4.90 Å². The highest BCUT2D eigenvalue weighted by atomic mass is 16.5. The molecule has 2 heterocycles. The number of nitrogens with zero attached hydrogens (tertiary/aromatic N) is 3. The Morgan fingerprint density at radius 1 is 1.07 bits per heavy atom. The third-order valence-electron chi connectivity index (χ3n) is 4.91. The van der Waals surface area contributed by atoms with Crippen molar-refractivity contribution < 1.29 is 19.1 Å². The highest BCUT2D eigenvalue weighted by Crippen LogP contribution is 2.18. The summed E-state index contributed by atoms with van der Waals surface area (Å²) in [5.41, 5.74) is 2.04. The molecule has 1 aromatic carbocycles. The maximum Gasteiger partial charge on any atom is 0.339 e. The highest BCUT2D eigenvalue weighted by Gasteiger charge is 2.22. The van der Waals surface area contributed by atoms with Crippen LogP contribution in [0, 0.1) is 0 Å². The topological polar surface area (TPSA) is 72.0 Å². The molecule has 0 saturated carbocycles. The molecule has 7 heteroatoms. The van der Waals surface area contributed by atoms with Crippen molar-refractivity contribution in [3.63, 3.8) is 0 Å². The number of ether oxygens (including phenoxy) is 2. The Morgan fingerprint density at radius 2 is 1.90 bits per heavy atom. The second-order valence-corrected chi connectivity index (χ2v) is 6.85. The maximum atomic E-state index is 13.1. The number of amides is 1. The highest BCUT2D eigenvalue weighted by molar-refractivity contribution is 5.95. The first-order chi connectivity index (χ1) is 14.1. The van der Waals surface area contributed by atoms with Crippen LogP contribution in [0.5, 0.6) is 0 Å². The molecule has 0 bridgehead atoms. The van der Waals surface area contributed by atoms with E-state index in [9.17, 15) is 9.59 Å². The van der Waals surface area contributed by atoms with Crippen molar-refractivity contribution in [3.8, 4) is 0 Å². The van der Waals surface area contributed by atoms with E-state index < -0.39 is 0 Å². The number of aromatic nitrogens is 1. The van der Waals surface area contributed by atoms with E-state index >= 15 is 0 Å². The first kappa shape index (κ1) is 20.8. The number of methoxy groups -OCH3 is 1. The minimum absolute atomic E-state index is 0.0325. The predicted octanol–water partition coefficient (Wildman–Crippen LogP) is 2.76. The normalized spacial score (nSPS) is 14.4. The number of esters is 1. The summed E-state index contributed by atoms with van der Waals surface area (Å²) in [5.74, 6) is 0.464. The molecule has 0 aliphatic carbocycles. The number of carbonyl (C=O) groups is 2. The minimum atomic E-state index is -0.367. The summed E-state index contributed by atoms with van der Waals surface area (Å²) >= 11 is 0. The Hall–Kier alpha value is -2.93. The summed E-state index contributed by atoms with van der Waals surface area (Å²) in [7, 11) is 1.63. The van der Waals surface area contributed by atoms with Crippen LogP contribution >= 0.6 is 0 Å². The van der Waals surface area contributed by atoms with Gasteiger partial charge in [-0.15, -0.1) is 0 Å². The van der Waals surface area contributed by atoms with Crippen LogP contribution in [0.3, 0.4) is 0 Å². The van der Waals surface area contributed by atoms with Gasteiger partial charge in [-0.25, -0.2) is 9.78 Å². The lowest BCUT2D eigenvalue weighted by atomic mass is 10.1. The number of rotatable bonds is 6. The molecular weight excluding hydrogens is 370 g/mol. The third kappa shape index (κ3) is 5.12. The van der Waals surface area contributed by atoms with Crippen molar-refractivity contribution in [2.45, 2.75) is 20.0 Å². The van der Waals surface area contributed by atoms with Gasteiger partial charge in [-0.05, 0) is 37.1 Å². The van der Waals surface area contributed by atoms with Crippen LogP contribution in [0.4, 0.5) is 5.82 Å². The van der Waals surface area contributed by atoms with E-state index in [0.717, 1.165) is 24.3 Å². The Balaban J connectivity index is 1.66. The number of pyridine rings is 1. The fraction of sp³-hybridized carbons (Fsp3) is 0.409. The quantitative estimate of drug-likeness (QED) is 0.698. The van der Waals surface area contributed by atoms with Crippen LogP contribution in [0.2, 0.25) is 0 Å². The van der Waals surface area contributed by atoms with Gasteiger partial charge in [0.2, 0.25) is 0 Å². The summed E-state index contributed by atoms with van der Waals surface area (Å²) < 4.78 is 10.2. The lowest BCUT2D eigenvalue weighted by Gasteiger charge is -2.23. The molecule has 1 fully saturated rings. The molecule has 1 aromatic heterocycles. The summed E-state index contributed by atoms with van der Waals surface area (Å²) in [6, 6.07) is 11.1. The van der Waals surface area contributed by atoms with Gasteiger partial charge in [0, 0.05) is 45.0 Å². The Kier molecular flexibility index (Phi) is 7.19. The average Bonchev–Trinajstić information content (AvgIpc) is 3.00. The molecule has 1 aliphatic rings. The molecule has 3 rings (SSSR count). The van der Waals surface area contributed by atoms with E-state index in [1.165, 1.54) is 0 Å². The van der Waals surface area contributed by atoms with Crippen LogP contribution in [0.1, 0.15) is 39.6 Å². The Morgan fingerprint density at radius 3 is 2.62 bits per heavy atom. The molecule has 7 nitrogen and oxygen atoms in total. The maximum absolute atomic E-state index is 13.1. The van der Waals surface area contributed by atoms with Gasteiger partial charge < -0.3 is 19.3 Å². The second-order valence-electron chi connectivity index (χ2n) is 6.85. The predicted molar refractivity (Wildman–Crippen MR) is 110 cm³/mol. The first-order valence-electron chi connectivity index (χ1n) is 9.88. The van der Waals surface area contributed by atoms with E-state index in [0.29, 0.717) is 44.0 Å². The van der Waals surface area contributed by atoms with Gasteiger partial charge in [0.15, 0.2) is 0 Å². The van der Waals surface area contributed by atoms with E-state index in [1.54, 1.807) is 26.3 Å². The summed E-state index contributed by atoms with van der Waals surface area (Å²) in [6.45, 7) is 5.32. The molecule has 0 radical (unpaired) electrons. The summed E-state index contributed by atoms with van der Waals surface area (Å²) in [5, 5.41) is 0. The number of hydrogen-bond acceptors (Lipinski definition) is 6. The minimum Gasteiger partial charge on any atom is -0.462 e. The van der Waals surface area contributed by atoms with Crippen LogP contribution in [0.25, 0.3) is 0 Å². The molecule has 1 amide bonds. The Bertz CT molecular complexity index is 838. The number of anilines is 1. The fourth-order valence-corrected chi connectivity index (χ4v) is 3.44. The van der Waals surface area contributed by atoms with E-state index in [2.05, 4.69) is 9.88 Å². The SMILES string of the molecule is CCOC(=O)c1ccc(N2CCCN(C(=O)c3ccccc3COC)CC2)nc1. The molecule has 154 valence electrons. The molecule has 0 spiro atoms. The van der Waals surface area contributed by atoms with Crippen LogP contribution in [-0.4, -0.2) is 61.7 Å². The summed E-state index contributed by atoms with van der Waals surface area (Å²) in [4.78, 5) is 33.3. The van der Waals surface area contributed by atoms with Crippen LogP contribution in [-0.2, 0) is 16.1 Å². The van der Waals surface area contributed by atoms with Gasteiger partial charge in [-0.3, -0.25) is 4.79 Å². The van der Waals surface area contributed by atoms with Crippen molar-refractivity contribution in [2.24, 2.45) is 0 Å². The number of hydrogen-bond donors (Lipinski definition) is 0.